The van der Waals surface area contributed by atoms with Crippen molar-refractivity contribution in [2.45, 2.75) is 0 Å². The van der Waals surface area contributed by atoms with Gasteiger partial charge in [-0.05, 0) is 12.1 Å². The van der Waals surface area contributed by atoms with Crippen LogP contribution in [0.15, 0.2) is 42.6 Å². The first-order valence-corrected chi connectivity index (χ1v) is 5.27. The highest BCUT2D eigenvalue weighted by molar-refractivity contribution is 5.95. The van der Waals surface area contributed by atoms with Crippen molar-refractivity contribution in [2.75, 3.05) is 12.8 Å². The normalized spacial score (nSPS) is 9.83. The van der Waals surface area contributed by atoms with Crippen LogP contribution in [0.25, 0.3) is 0 Å². The first-order valence-electron chi connectivity index (χ1n) is 5.27. The average Bonchev–Trinajstić information content (AvgIpc) is 2.41. The minimum absolute atomic E-state index is 0.235. The van der Waals surface area contributed by atoms with Crippen molar-refractivity contribution in [3.8, 4) is 11.6 Å². The van der Waals surface area contributed by atoms with Crippen molar-refractivity contribution in [1.82, 2.24) is 4.98 Å². The Morgan fingerprint density at radius 2 is 2.00 bits per heavy atom. The van der Waals surface area contributed by atoms with Gasteiger partial charge in [0.15, 0.2) is 0 Å². The second-order valence-corrected chi connectivity index (χ2v) is 3.52. The van der Waals surface area contributed by atoms with Crippen LogP contribution in [0.2, 0.25) is 0 Å². The van der Waals surface area contributed by atoms with Crippen LogP contribution in [0.5, 0.6) is 11.6 Å². The highest BCUT2D eigenvalue weighted by atomic mass is 16.5. The molecule has 0 saturated carbocycles. The largest absolute Gasteiger partial charge is 0.465 e. The van der Waals surface area contributed by atoms with E-state index in [1.807, 2.05) is 18.2 Å². The number of carbonyl (C=O) groups is 1. The molecule has 2 rings (SSSR count). The third kappa shape index (κ3) is 2.57. The van der Waals surface area contributed by atoms with Crippen LogP contribution in [0.3, 0.4) is 0 Å². The Morgan fingerprint density at radius 3 is 2.67 bits per heavy atom. The molecule has 92 valence electrons. The van der Waals surface area contributed by atoms with E-state index in [4.69, 9.17) is 10.5 Å². The fourth-order valence-corrected chi connectivity index (χ4v) is 1.40. The van der Waals surface area contributed by atoms with Gasteiger partial charge in [0, 0.05) is 6.07 Å². The summed E-state index contributed by atoms with van der Waals surface area (Å²) in [6, 6.07) is 10.6. The molecule has 0 aliphatic heterocycles. The second kappa shape index (κ2) is 5.18. The summed E-state index contributed by atoms with van der Waals surface area (Å²) in [6.45, 7) is 0. The molecule has 0 fully saturated rings. The Kier molecular flexibility index (Phi) is 3.43. The zero-order valence-corrected chi connectivity index (χ0v) is 9.79. The fourth-order valence-electron chi connectivity index (χ4n) is 1.40. The number of nitrogen functional groups attached to an aromatic ring is 1. The van der Waals surface area contributed by atoms with Crippen molar-refractivity contribution in [1.29, 1.82) is 0 Å². The Morgan fingerprint density at radius 1 is 1.28 bits per heavy atom. The molecule has 18 heavy (non-hydrogen) atoms. The number of carbonyl (C=O) groups excluding carboxylic acids is 1. The first kappa shape index (κ1) is 11.9. The van der Waals surface area contributed by atoms with Gasteiger partial charge in [0.2, 0.25) is 5.88 Å². The average molecular weight is 244 g/mol. The van der Waals surface area contributed by atoms with Gasteiger partial charge in [0.25, 0.3) is 0 Å². The molecule has 0 radical (unpaired) electrons. The summed E-state index contributed by atoms with van der Waals surface area (Å²) in [5, 5.41) is 0. The quantitative estimate of drug-likeness (QED) is 0.838. The first-order chi connectivity index (χ1) is 8.70. The van der Waals surface area contributed by atoms with E-state index in [0.29, 0.717) is 5.75 Å². The molecule has 1 aromatic heterocycles. The van der Waals surface area contributed by atoms with Gasteiger partial charge in [-0.15, -0.1) is 0 Å². The summed E-state index contributed by atoms with van der Waals surface area (Å²) in [6.07, 6.45) is 1.37. The lowest BCUT2D eigenvalue weighted by atomic mass is 10.2. The summed E-state index contributed by atoms with van der Waals surface area (Å²) < 4.78 is 10.1. The van der Waals surface area contributed by atoms with E-state index in [9.17, 15) is 4.79 Å². The number of aromatic nitrogens is 1. The number of para-hydroxylation sites is 1. The van der Waals surface area contributed by atoms with Gasteiger partial charge in [-0.3, -0.25) is 0 Å². The van der Waals surface area contributed by atoms with Crippen molar-refractivity contribution in [2.24, 2.45) is 0 Å². The van der Waals surface area contributed by atoms with Gasteiger partial charge in [0.1, 0.15) is 5.75 Å². The molecular weight excluding hydrogens is 232 g/mol. The number of nitrogens with two attached hydrogens (primary N) is 1. The van der Waals surface area contributed by atoms with Crippen molar-refractivity contribution in [3.05, 3.63) is 48.2 Å². The van der Waals surface area contributed by atoms with Crippen LogP contribution in [0, 0.1) is 0 Å². The van der Waals surface area contributed by atoms with Crippen LogP contribution >= 0.6 is 0 Å². The second-order valence-electron chi connectivity index (χ2n) is 3.52. The lowest BCUT2D eigenvalue weighted by Gasteiger charge is -2.07. The number of nitrogens with zero attached hydrogens (tertiary/aromatic N) is 1. The number of hydrogen-bond acceptors (Lipinski definition) is 5. The van der Waals surface area contributed by atoms with Gasteiger partial charge in [-0.1, -0.05) is 18.2 Å². The molecule has 0 aliphatic rings. The number of hydrogen-bond donors (Lipinski definition) is 1. The molecule has 0 spiro atoms. The SMILES string of the molecule is COC(=O)c1cc(Oc2ccccc2)ncc1N. The molecule has 1 heterocycles. The van der Waals surface area contributed by atoms with Crippen molar-refractivity contribution < 1.29 is 14.3 Å². The molecule has 2 N–H and O–H groups in total. The maximum Gasteiger partial charge on any atom is 0.340 e. The van der Waals surface area contributed by atoms with E-state index in [0.717, 1.165) is 0 Å². The summed E-state index contributed by atoms with van der Waals surface area (Å²) >= 11 is 0. The van der Waals surface area contributed by atoms with E-state index < -0.39 is 5.97 Å². The minimum Gasteiger partial charge on any atom is -0.465 e. The zero-order chi connectivity index (χ0) is 13.0. The summed E-state index contributed by atoms with van der Waals surface area (Å²) in [5.41, 5.74) is 6.13. The van der Waals surface area contributed by atoms with Crippen LogP contribution in [-0.4, -0.2) is 18.1 Å². The Labute approximate surface area is 104 Å². The maximum atomic E-state index is 11.5. The number of methoxy groups -OCH3 is 1. The van der Waals surface area contributed by atoms with Gasteiger partial charge < -0.3 is 15.2 Å². The molecule has 0 amide bonds. The van der Waals surface area contributed by atoms with E-state index in [-0.39, 0.29) is 17.1 Å². The molecule has 0 bridgehead atoms. The molecule has 0 saturated heterocycles. The molecule has 0 atom stereocenters. The Balaban J connectivity index is 2.27. The predicted octanol–water partition coefficient (Wildman–Crippen LogP) is 2.24. The molecule has 5 heteroatoms. The Hall–Kier alpha value is -2.56. The van der Waals surface area contributed by atoms with E-state index >= 15 is 0 Å². The van der Waals surface area contributed by atoms with Gasteiger partial charge in [-0.2, -0.15) is 0 Å². The maximum absolute atomic E-state index is 11.5. The summed E-state index contributed by atoms with van der Waals surface area (Å²) in [4.78, 5) is 15.4. The number of ether oxygens (including phenoxy) is 2. The molecule has 1 aromatic carbocycles. The molecule has 0 unspecified atom stereocenters. The van der Waals surface area contributed by atoms with Gasteiger partial charge in [0.05, 0.1) is 24.6 Å². The van der Waals surface area contributed by atoms with Crippen LogP contribution < -0.4 is 10.5 Å². The third-order valence-corrected chi connectivity index (χ3v) is 2.28. The fraction of sp³-hybridized carbons (Fsp3) is 0.0769. The molecular formula is C13H12N2O3. The predicted molar refractivity (Wildman–Crippen MR) is 66.5 cm³/mol. The molecule has 5 nitrogen and oxygen atoms in total. The smallest absolute Gasteiger partial charge is 0.340 e. The van der Waals surface area contributed by atoms with E-state index in [1.54, 1.807) is 12.1 Å². The van der Waals surface area contributed by atoms with Gasteiger partial charge in [-0.25, -0.2) is 9.78 Å². The number of anilines is 1. The number of rotatable bonds is 3. The highest BCUT2D eigenvalue weighted by Crippen LogP contribution is 2.22. The summed E-state index contributed by atoms with van der Waals surface area (Å²) in [5.74, 6) is 0.397. The van der Waals surface area contributed by atoms with E-state index in [1.165, 1.54) is 19.4 Å². The highest BCUT2D eigenvalue weighted by Gasteiger charge is 2.12. The lowest BCUT2D eigenvalue weighted by molar-refractivity contribution is 0.0601. The zero-order valence-electron chi connectivity index (χ0n) is 9.79. The minimum atomic E-state index is -0.521. The van der Waals surface area contributed by atoms with Crippen LogP contribution in [0.4, 0.5) is 5.69 Å². The number of esters is 1. The van der Waals surface area contributed by atoms with Crippen molar-refractivity contribution in [3.63, 3.8) is 0 Å². The van der Waals surface area contributed by atoms with Crippen LogP contribution in [-0.2, 0) is 4.74 Å². The van der Waals surface area contributed by atoms with Gasteiger partial charge >= 0.3 is 5.97 Å². The molecule has 2 aromatic rings. The molecule has 0 aliphatic carbocycles. The topological polar surface area (TPSA) is 74.4 Å². The Bertz CT molecular complexity index is 555. The van der Waals surface area contributed by atoms with E-state index in [2.05, 4.69) is 9.72 Å². The number of pyridine rings is 1. The number of benzene rings is 1. The standard InChI is InChI=1S/C13H12N2O3/c1-17-13(16)10-7-12(15-8-11(10)14)18-9-5-3-2-4-6-9/h2-8H,14H2,1H3. The third-order valence-electron chi connectivity index (χ3n) is 2.28. The monoisotopic (exact) mass is 244 g/mol. The summed E-state index contributed by atoms with van der Waals surface area (Å²) in [7, 11) is 1.29. The van der Waals surface area contributed by atoms with Crippen molar-refractivity contribution >= 4 is 11.7 Å². The lowest BCUT2D eigenvalue weighted by Crippen LogP contribution is -2.06. The van der Waals surface area contributed by atoms with Crippen LogP contribution in [0.1, 0.15) is 10.4 Å².